The van der Waals surface area contributed by atoms with Gasteiger partial charge in [-0.3, -0.25) is 0 Å². The van der Waals surface area contributed by atoms with Crippen LogP contribution in [0.2, 0.25) is 5.15 Å². The van der Waals surface area contributed by atoms with Gasteiger partial charge in [-0.1, -0.05) is 25.4 Å². The molecular formula is C9H15ClN2. The SMILES string of the molecule is CC.C[C@@H](N)c1ccnc(Cl)c1. The minimum absolute atomic E-state index is 0.0282. The summed E-state index contributed by atoms with van der Waals surface area (Å²) in [5.41, 5.74) is 6.61. The van der Waals surface area contributed by atoms with Crippen LogP contribution < -0.4 is 5.73 Å². The fraction of sp³-hybridized carbons (Fsp3) is 0.444. The lowest BCUT2D eigenvalue weighted by atomic mass is 10.1. The first-order chi connectivity index (χ1) is 5.70. The molecule has 2 N–H and O–H groups in total. The zero-order valence-electron chi connectivity index (χ0n) is 7.71. The summed E-state index contributed by atoms with van der Waals surface area (Å²) < 4.78 is 0. The molecule has 0 bridgehead atoms. The summed E-state index contributed by atoms with van der Waals surface area (Å²) >= 11 is 5.62. The van der Waals surface area contributed by atoms with Gasteiger partial charge in [-0.25, -0.2) is 4.98 Å². The summed E-state index contributed by atoms with van der Waals surface area (Å²) in [5.74, 6) is 0. The molecule has 1 aromatic rings. The minimum Gasteiger partial charge on any atom is -0.324 e. The molecular weight excluding hydrogens is 172 g/mol. The van der Waals surface area contributed by atoms with E-state index in [-0.39, 0.29) is 6.04 Å². The van der Waals surface area contributed by atoms with Gasteiger partial charge in [0.1, 0.15) is 5.15 Å². The Morgan fingerprint density at radius 3 is 2.42 bits per heavy atom. The summed E-state index contributed by atoms with van der Waals surface area (Å²) in [4.78, 5) is 3.83. The first-order valence-corrected chi connectivity index (χ1v) is 4.45. The van der Waals surface area contributed by atoms with Crippen LogP contribution in [0.15, 0.2) is 18.3 Å². The number of hydrogen-bond donors (Lipinski definition) is 1. The van der Waals surface area contributed by atoms with Crippen LogP contribution in [0.3, 0.4) is 0 Å². The Balaban J connectivity index is 0.000000561. The highest BCUT2D eigenvalue weighted by Crippen LogP contribution is 2.12. The molecule has 3 heteroatoms. The van der Waals surface area contributed by atoms with Crippen LogP contribution >= 0.6 is 11.6 Å². The molecule has 1 rings (SSSR count). The molecule has 0 fully saturated rings. The number of nitrogens with two attached hydrogens (primary N) is 1. The van der Waals surface area contributed by atoms with Crippen molar-refractivity contribution in [1.82, 2.24) is 4.98 Å². The van der Waals surface area contributed by atoms with Gasteiger partial charge in [-0.2, -0.15) is 0 Å². The molecule has 0 saturated heterocycles. The van der Waals surface area contributed by atoms with Crippen molar-refractivity contribution >= 4 is 11.6 Å². The molecule has 68 valence electrons. The maximum Gasteiger partial charge on any atom is 0.129 e. The summed E-state index contributed by atoms with van der Waals surface area (Å²) in [7, 11) is 0. The highest BCUT2D eigenvalue weighted by Gasteiger charge is 1.98. The Kier molecular flexibility index (Phi) is 5.68. The van der Waals surface area contributed by atoms with Gasteiger partial charge in [-0.15, -0.1) is 0 Å². The molecule has 0 unspecified atom stereocenters. The van der Waals surface area contributed by atoms with Gasteiger partial charge < -0.3 is 5.73 Å². The van der Waals surface area contributed by atoms with Crippen molar-refractivity contribution in [3.63, 3.8) is 0 Å². The molecule has 1 heterocycles. The predicted molar refractivity (Wildman–Crippen MR) is 53.2 cm³/mol. The maximum atomic E-state index is 5.62. The van der Waals surface area contributed by atoms with Crippen molar-refractivity contribution in [2.24, 2.45) is 5.73 Å². The third-order valence-corrected chi connectivity index (χ3v) is 1.48. The molecule has 0 aromatic carbocycles. The first kappa shape index (κ1) is 11.4. The van der Waals surface area contributed by atoms with E-state index < -0.39 is 0 Å². The Morgan fingerprint density at radius 1 is 1.50 bits per heavy atom. The van der Waals surface area contributed by atoms with Gasteiger partial charge >= 0.3 is 0 Å². The average Bonchev–Trinajstić information content (AvgIpc) is 2.08. The molecule has 2 nitrogen and oxygen atoms in total. The normalized spacial score (nSPS) is 11.4. The van der Waals surface area contributed by atoms with E-state index in [0.29, 0.717) is 5.15 Å². The van der Waals surface area contributed by atoms with Crippen molar-refractivity contribution in [3.05, 3.63) is 29.0 Å². The first-order valence-electron chi connectivity index (χ1n) is 4.07. The second-order valence-electron chi connectivity index (χ2n) is 2.20. The standard InChI is InChI=1S/C7H9ClN2.C2H6/c1-5(9)6-2-3-10-7(8)4-6;1-2/h2-5H,9H2,1H3;1-2H3/t5-;/m1./s1. The van der Waals surface area contributed by atoms with Crippen molar-refractivity contribution in [2.75, 3.05) is 0 Å². The molecule has 0 aliphatic rings. The van der Waals surface area contributed by atoms with Gasteiger partial charge in [0.2, 0.25) is 0 Å². The van der Waals surface area contributed by atoms with Crippen LogP contribution in [0.25, 0.3) is 0 Å². The van der Waals surface area contributed by atoms with Gasteiger partial charge in [0, 0.05) is 12.2 Å². The number of rotatable bonds is 1. The lowest BCUT2D eigenvalue weighted by Gasteiger charge is -2.03. The van der Waals surface area contributed by atoms with Crippen LogP contribution in [-0.4, -0.2) is 4.98 Å². The highest BCUT2D eigenvalue weighted by molar-refractivity contribution is 6.29. The van der Waals surface area contributed by atoms with Gasteiger partial charge in [0.05, 0.1) is 0 Å². The van der Waals surface area contributed by atoms with Gasteiger partial charge in [0.25, 0.3) is 0 Å². The largest absolute Gasteiger partial charge is 0.324 e. The van der Waals surface area contributed by atoms with E-state index in [4.69, 9.17) is 17.3 Å². The molecule has 12 heavy (non-hydrogen) atoms. The van der Waals surface area contributed by atoms with E-state index in [1.165, 1.54) is 0 Å². The second-order valence-corrected chi connectivity index (χ2v) is 2.59. The Hall–Kier alpha value is -0.600. The van der Waals surface area contributed by atoms with Crippen LogP contribution in [-0.2, 0) is 0 Å². The Bertz CT molecular complexity index is 224. The quantitative estimate of drug-likeness (QED) is 0.686. The number of hydrogen-bond acceptors (Lipinski definition) is 2. The van der Waals surface area contributed by atoms with Crippen LogP contribution in [0.1, 0.15) is 32.4 Å². The van der Waals surface area contributed by atoms with Crippen molar-refractivity contribution in [2.45, 2.75) is 26.8 Å². The van der Waals surface area contributed by atoms with E-state index in [0.717, 1.165) is 5.56 Å². The topological polar surface area (TPSA) is 38.9 Å². The van der Waals surface area contributed by atoms with Crippen molar-refractivity contribution in [3.8, 4) is 0 Å². The second kappa shape index (κ2) is 5.98. The fourth-order valence-electron chi connectivity index (χ4n) is 0.701. The lowest BCUT2D eigenvalue weighted by molar-refractivity contribution is 0.815. The van der Waals surface area contributed by atoms with Crippen LogP contribution in [0, 0.1) is 0 Å². The van der Waals surface area contributed by atoms with E-state index >= 15 is 0 Å². The van der Waals surface area contributed by atoms with Crippen LogP contribution in [0.4, 0.5) is 0 Å². The summed E-state index contributed by atoms with van der Waals surface area (Å²) in [6.07, 6.45) is 1.65. The monoisotopic (exact) mass is 186 g/mol. The molecule has 1 aromatic heterocycles. The van der Waals surface area contributed by atoms with E-state index in [1.807, 2.05) is 26.8 Å². The molecule has 0 saturated carbocycles. The molecule has 1 atom stereocenters. The molecule has 0 amide bonds. The molecule has 0 radical (unpaired) electrons. The van der Waals surface area contributed by atoms with Gasteiger partial charge in [0.15, 0.2) is 0 Å². The average molecular weight is 187 g/mol. The number of pyridine rings is 1. The fourth-order valence-corrected chi connectivity index (χ4v) is 0.883. The van der Waals surface area contributed by atoms with E-state index in [2.05, 4.69) is 4.98 Å². The van der Waals surface area contributed by atoms with E-state index in [9.17, 15) is 0 Å². The number of nitrogens with zero attached hydrogens (tertiary/aromatic N) is 1. The molecule has 0 spiro atoms. The zero-order chi connectivity index (χ0) is 9.56. The summed E-state index contributed by atoms with van der Waals surface area (Å²) in [6.45, 7) is 5.91. The molecule has 0 aliphatic heterocycles. The van der Waals surface area contributed by atoms with E-state index in [1.54, 1.807) is 12.3 Å². The highest BCUT2D eigenvalue weighted by atomic mass is 35.5. The zero-order valence-corrected chi connectivity index (χ0v) is 8.47. The number of aromatic nitrogens is 1. The smallest absolute Gasteiger partial charge is 0.129 e. The maximum absolute atomic E-state index is 5.62. The third-order valence-electron chi connectivity index (χ3n) is 1.28. The molecule has 0 aliphatic carbocycles. The Labute approximate surface area is 78.8 Å². The number of halogens is 1. The lowest BCUT2D eigenvalue weighted by Crippen LogP contribution is -2.04. The van der Waals surface area contributed by atoms with Crippen molar-refractivity contribution in [1.29, 1.82) is 0 Å². The summed E-state index contributed by atoms with van der Waals surface area (Å²) in [6, 6.07) is 3.66. The predicted octanol–water partition coefficient (Wildman–Crippen LogP) is 2.78. The van der Waals surface area contributed by atoms with Crippen LogP contribution in [0.5, 0.6) is 0 Å². The minimum atomic E-state index is 0.0282. The summed E-state index contributed by atoms with van der Waals surface area (Å²) in [5, 5.41) is 0.495. The van der Waals surface area contributed by atoms with Crippen molar-refractivity contribution < 1.29 is 0 Å². The third kappa shape index (κ3) is 3.69. The Morgan fingerprint density at radius 2 is 2.08 bits per heavy atom. The van der Waals surface area contributed by atoms with Gasteiger partial charge in [-0.05, 0) is 24.6 Å².